The zero-order valence-electron chi connectivity index (χ0n) is 9.58. The molecule has 2 heterocycles. The van der Waals surface area contributed by atoms with Gasteiger partial charge in [0.05, 0.1) is 12.2 Å². The van der Waals surface area contributed by atoms with Crippen molar-refractivity contribution in [2.45, 2.75) is 38.7 Å². The molecule has 3 rings (SSSR count). The van der Waals surface area contributed by atoms with Crippen molar-refractivity contribution >= 4 is 5.91 Å². The van der Waals surface area contributed by atoms with Gasteiger partial charge in [-0.05, 0) is 25.2 Å². The van der Waals surface area contributed by atoms with Crippen LogP contribution in [0.2, 0.25) is 0 Å². The molecule has 0 N–H and O–H groups in total. The largest absolute Gasteiger partial charge is 0.369 e. The van der Waals surface area contributed by atoms with Crippen LogP contribution in [0, 0.1) is 11.3 Å². The van der Waals surface area contributed by atoms with Gasteiger partial charge >= 0.3 is 0 Å². The molecule has 3 heteroatoms. The van der Waals surface area contributed by atoms with Crippen molar-refractivity contribution in [1.82, 2.24) is 4.90 Å². The Labute approximate surface area is 90.8 Å². The zero-order valence-corrected chi connectivity index (χ0v) is 9.58. The molecule has 0 unspecified atom stereocenters. The molecule has 0 aromatic rings. The molecule has 0 radical (unpaired) electrons. The van der Waals surface area contributed by atoms with Crippen molar-refractivity contribution in [3.05, 3.63) is 0 Å². The summed E-state index contributed by atoms with van der Waals surface area (Å²) in [7, 11) is 0. The Kier molecular flexibility index (Phi) is 1.77. The third-order valence-electron chi connectivity index (χ3n) is 4.66. The number of amides is 1. The number of rotatable bonds is 1. The van der Waals surface area contributed by atoms with Crippen molar-refractivity contribution in [3.63, 3.8) is 0 Å². The minimum atomic E-state index is -0.0328. The minimum absolute atomic E-state index is 0.0328. The minimum Gasteiger partial charge on any atom is -0.369 e. The Morgan fingerprint density at radius 2 is 1.93 bits per heavy atom. The van der Waals surface area contributed by atoms with E-state index in [1.807, 2.05) is 0 Å². The Bertz CT molecular complexity index is 301. The van der Waals surface area contributed by atoms with Gasteiger partial charge in [-0.3, -0.25) is 4.79 Å². The summed E-state index contributed by atoms with van der Waals surface area (Å²) in [6, 6.07) is 0. The van der Waals surface area contributed by atoms with Crippen LogP contribution in [0.25, 0.3) is 0 Å². The van der Waals surface area contributed by atoms with E-state index in [-0.39, 0.29) is 11.0 Å². The van der Waals surface area contributed by atoms with Gasteiger partial charge in [0.15, 0.2) is 0 Å². The Balaban J connectivity index is 1.62. The molecule has 3 nitrogen and oxygen atoms in total. The van der Waals surface area contributed by atoms with Gasteiger partial charge in [0.25, 0.3) is 0 Å². The highest BCUT2D eigenvalue weighted by Gasteiger charge is 2.56. The molecule has 3 aliphatic rings. The molecule has 2 saturated heterocycles. The molecule has 0 aromatic heterocycles. The molecule has 84 valence electrons. The fourth-order valence-electron chi connectivity index (χ4n) is 2.74. The summed E-state index contributed by atoms with van der Waals surface area (Å²) in [6.07, 6.45) is 3.16. The highest BCUT2D eigenvalue weighted by Crippen LogP contribution is 2.53. The lowest BCUT2D eigenvalue weighted by molar-refractivity contribution is -0.138. The van der Waals surface area contributed by atoms with Crippen LogP contribution < -0.4 is 0 Å². The second-order valence-electron chi connectivity index (χ2n) is 5.79. The van der Waals surface area contributed by atoms with E-state index in [0.717, 1.165) is 39.0 Å². The van der Waals surface area contributed by atoms with Crippen molar-refractivity contribution in [2.75, 3.05) is 19.7 Å². The highest BCUT2D eigenvalue weighted by atomic mass is 16.6. The number of nitrogens with zero attached hydrogens (tertiary/aromatic N) is 1. The van der Waals surface area contributed by atoms with Crippen LogP contribution in [0.5, 0.6) is 0 Å². The molecule has 1 saturated carbocycles. The van der Waals surface area contributed by atoms with Crippen LogP contribution in [-0.2, 0) is 9.53 Å². The third-order valence-corrected chi connectivity index (χ3v) is 4.66. The summed E-state index contributed by atoms with van der Waals surface area (Å²) in [5.41, 5.74) is 0.155. The molecule has 2 atom stereocenters. The van der Waals surface area contributed by atoms with Crippen LogP contribution in [-0.4, -0.2) is 36.1 Å². The van der Waals surface area contributed by atoms with E-state index < -0.39 is 0 Å². The van der Waals surface area contributed by atoms with E-state index in [1.165, 1.54) is 0 Å². The van der Waals surface area contributed by atoms with Crippen molar-refractivity contribution in [1.29, 1.82) is 0 Å². The third kappa shape index (κ3) is 1.40. The summed E-state index contributed by atoms with van der Waals surface area (Å²) in [5.74, 6) is 0.962. The molecular weight excluding hydrogens is 190 g/mol. The van der Waals surface area contributed by atoms with E-state index in [1.54, 1.807) is 0 Å². The number of carbonyl (C=O) groups is 1. The number of piperidine rings is 1. The number of hydrogen-bond acceptors (Lipinski definition) is 2. The van der Waals surface area contributed by atoms with E-state index in [2.05, 4.69) is 18.7 Å². The van der Waals surface area contributed by atoms with Gasteiger partial charge < -0.3 is 9.64 Å². The van der Waals surface area contributed by atoms with E-state index >= 15 is 0 Å². The Hall–Kier alpha value is -0.570. The second kappa shape index (κ2) is 2.76. The number of epoxide rings is 1. The Morgan fingerprint density at radius 3 is 2.33 bits per heavy atom. The van der Waals surface area contributed by atoms with Crippen LogP contribution in [0.15, 0.2) is 0 Å². The van der Waals surface area contributed by atoms with Gasteiger partial charge in [-0.2, -0.15) is 0 Å². The highest BCUT2D eigenvalue weighted by molar-refractivity contribution is 5.85. The number of ether oxygens (including phenoxy) is 1. The molecular formula is C12H19NO2. The topological polar surface area (TPSA) is 32.8 Å². The summed E-state index contributed by atoms with van der Waals surface area (Å²) in [6.45, 7) is 7.01. The smallest absolute Gasteiger partial charge is 0.228 e. The van der Waals surface area contributed by atoms with Crippen LogP contribution >= 0.6 is 0 Å². The predicted octanol–water partition coefficient (Wildman–Crippen LogP) is 1.42. The van der Waals surface area contributed by atoms with Gasteiger partial charge in [-0.25, -0.2) is 0 Å². The lowest BCUT2D eigenvalue weighted by Gasteiger charge is -2.32. The lowest BCUT2D eigenvalue weighted by atomic mass is 9.95. The van der Waals surface area contributed by atoms with Crippen molar-refractivity contribution < 1.29 is 9.53 Å². The maximum absolute atomic E-state index is 12.2. The van der Waals surface area contributed by atoms with E-state index in [9.17, 15) is 4.79 Å². The quantitative estimate of drug-likeness (QED) is 0.612. The molecule has 0 aromatic carbocycles. The number of hydrogen-bond donors (Lipinski definition) is 0. The second-order valence-corrected chi connectivity index (χ2v) is 5.79. The first-order chi connectivity index (χ1) is 7.06. The van der Waals surface area contributed by atoms with Crippen LogP contribution in [0.3, 0.4) is 0 Å². The Morgan fingerprint density at radius 1 is 1.40 bits per heavy atom. The van der Waals surface area contributed by atoms with Crippen molar-refractivity contribution in [2.24, 2.45) is 11.3 Å². The lowest BCUT2D eigenvalue weighted by Crippen LogP contribution is -2.44. The van der Waals surface area contributed by atoms with E-state index in [4.69, 9.17) is 4.74 Å². The first kappa shape index (κ1) is 9.64. The monoisotopic (exact) mass is 209 g/mol. The van der Waals surface area contributed by atoms with Gasteiger partial charge in [-0.15, -0.1) is 0 Å². The van der Waals surface area contributed by atoms with Gasteiger partial charge in [0, 0.05) is 18.5 Å². The fourth-order valence-corrected chi connectivity index (χ4v) is 2.74. The molecule has 0 bridgehead atoms. The normalized spacial score (nSPS) is 41.7. The van der Waals surface area contributed by atoms with E-state index in [0.29, 0.717) is 11.8 Å². The molecule has 1 aliphatic carbocycles. The summed E-state index contributed by atoms with van der Waals surface area (Å²) >= 11 is 0. The average Bonchev–Trinajstić information content (AvgIpc) is 3.10. The van der Waals surface area contributed by atoms with Crippen LogP contribution in [0.4, 0.5) is 0 Å². The average molecular weight is 209 g/mol. The SMILES string of the molecule is C[C@@H]1C[C@@]1(C)C(=O)N1CCC2(CC1)CO2. The van der Waals surface area contributed by atoms with Gasteiger partial charge in [0.1, 0.15) is 0 Å². The molecule has 3 fully saturated rings. The van der Waals surface area contributed by atoms with Gasteiger partial charge in [-0.1, -0.05) is 13.8 Å². The number of likely N-dealkylation sites (tertiary alicyclic amines) is 1. The summed E-state index contributed by atoms with van der Waals surface area (Å²) in [4.78, 5) is 14.3. The molecule has 2 aliphatic heterocycles. The molecule has 1 spiro atoms. The first-order valence-electron chi connectivity index (χ1n) is 5.99. The molecule has 1 amide bonds. The first-order valence-corrected chi connectivity index (χ1v) is 5.99. The van der Waals surface area contributed by atoms with Gasteiger partial charge in [0.2, 0.25) is 5.91 Å². The van der Waals surface area contributed by atoms with Crippen LogP contribution in [0.1, 0.15) is 33.1 Å². The zero-order chi connectivity index (χ0) is 10.7. The summed E-state index contributed by atoms with van der Waals surface area (Å²) in [5, 5.41) is 0. The predicted molar refractivity (Wildman–Crippen MR) is 56.4 cm³/mol. The molecule has 15 heavy (non-hydrogen) atoms. The maximum atomic E-state index is 12.2. The fraction of sp³-hybridized carbons (Fsp3) is 0.917. The standard InChI is InChI=1S/C12H19NO2/c1-9-7-11(9,2)10(14)13-5-3-12(4-6-13)8-15-12/h9H,3-8H2,1-2H3/t9-,11-/m1/s1. The maximum Gasteiger partial charge on any atom is 0.228 e. The number of carbonyl (C=O) groups excluding carboxylic acids is 1. The van der Waals surface area contributed by atoms with Crippen molar-refractivity contribution in [3.8, 4) is 0 Å². The summed E-state index contributed by atoms with van der Waals surface area (Å²) < 4.78 is 5.45.